The lowest BCUT2D eigenvalue weighted by atomic mass is 9.65. The summed E-state index contributed by atoms with van der Waals surface area (Å²) in [4.78, 5) is 2.49. The first-order valence-corrected chi connectivity index (χ1v) is 18.7. The predicted molar refractivity (Wildman–Crippen MR) is 221 cm³/mol. The molecule has 8 aromatic carbocycles. The molecule has 1 heterocycles. The van der Waals surface area contributed by atoms with Gasteiger partial charge < -0.3 is 9.47 Å². The maximum Gasteiger partial charge on any atom is 0.0546 e. The second-order valence-electron chi connectivity index (χ2n) is 14.4. The molecule has 1 aromatic heterocycles. The largest absolute Gasteiger partial charge is 0.310 e. The molecule has 0 radical (unpaired) electrons. The summed E-state index contributed by atoms with van der Waals surface area (Å²) >= 11 is 0. The van der Waals surface area contributed by atoms with Crippen LogP contribution in [0.5, 0.6) is 0 Å². The van der Waals surface area contributed by atoms with Crippen LogP contribution in [0.2, 0.25) is 0 Å². The zero-order chi connectivity index (χ0) is 34.5. The average molecular weight is 669 g/mol. The third kappa shape index (κ3) is 4.93. The fraction of sp³-hybridized carbons (Fsp3) is 0.120. The minimum absolute atomic E-state index is 0.0523. The highest BCUT2D eigenvalue weighted by Crippen LogP contribution is 2.47. The van der Waals surface area contributed by atoms with E-state index in [0.29, 0.717) is 0 Å². The van der Waals surface area contributed by atoms with Gasteiger partial charge in [-0.05, 0) is 94.7 Å². The Hall–Kier alpha value is -6.12. The number of aromatic nitrogens is 1. The minimum Gasteiger partial charge on any atom is -0.310 e. The summed E-state index contributed by atoms with van der Waals surface area (Å²) in [7, 11) is 0. The lowest BCUT2D eigenvalue weighted by Crippen LogP contribution is -2.30. The molecule has 0 amide bonds. The Morgan fingerprint density at radius 3 is 1.75 bits per heavy atom. The maximum absolute atomic E-state index is 2.49. The number of nitrogens with zero attached hydrogens (tertiary/aromatic N) is 2. The second kappa shape index (κ2) is 12.6. The van der Waals surface area contributed by atoms with Crippen LogP contribution in [0.25, 0.3) is 49.0 Å². The molecule has 2 heteroatoms. The molecular formula is C50H40N2. The van der Waals surface area contributed by atoms with Crippen molar-refractivity contribution in [1.29, 1.82) is 0 Å². The van der Waals surface area contributed by atoms with E-state index in [2.05, 4.69) is 191 Å². The standard InChI is InChI=1S/C50H40N2/c1-4-17-37(18-5-1)50(32-14-3-15-33-50)38-26-28-40(29-27-38)51(49-34-36-16-8-9-21-42(36)43-22-10-11-23-44(43)49)41-30-31-48-46(35-41)45-24-12-13-25-47(45)52(48)39-19-6-2-7-20-39/h1-2,4-13,16-31,34-35H,3,14-15,32-33H2. The summed E-state index contributed by atoms with van der Waals surface area (Å²) in [6, 6.07) is 67.4. The number of para-hydroxylation sites is 2. The van der Waals surface area contributed by atoms with E-state index in [9.17, 15) is 0 Å². The van der Waals surface area contributed by atoms with E-state index in [4.69, 9.17) is 0 Å². The van der Waals surface area contributed by atoms with E-state index in [1.807, 2.05) is 0 Å². The van der Waals surface area contributed by atoms with Crippen LogP contribution >= 0.6 is 0 Å². The Morgan fingerprint density at radius 2 is 0.981 bits per heavy atom. The van der Waals surface area contributed by atoms with Crippen LogP contribution in [0.15, 0.2) is 182 Å². The summed E-state index contributed by atoms with van der Waals surface area (Å²) in [5, 5.41) is 7.53. The second-order valence-corrected chi connectivity index (χ2v) is 14.4. The molecule has 2 nitrogen and oxygen atoms in total. The Bertz CT molecular complexity index is 2700. The van der Waals surface area contributed by atoms with Gasteiger partial charge in [0.1, 0.15) is 0 Å². The fourth-order valence-electron chi connectivity index (χ4n) is 9.19. The van der Waals surface area contributed by atoms with Gasteiger partial charge in [-0.15, -0.1) is 0 Å². The van der Waals surface area contributed by atoms with Gasteiger partial charge in [0.05, 0.1) is 16.7 Å². The molecule has 0 unspecified atom stereocenters. The summed E-state index contributed by atoms with van der Waals surface area (Å²) in [5.74, 6) is 0. The SMILES string of the molecule is c1ccc(-n2c3ccccc3c3cc(N(c4ccc(C5(c6ccccc6)CCCCC5)cc4)c4cc5ccccc5c5ccccc45)ccc32)cc1. The van der Waals surface area contributed by atoms with Crippen LogP contribution in [-0.2, 0) is 5.41 Å². The van der Waals surface area contributed by atoms with Crippen molar-refractivity contribution in [1.82, 2.24) is 4.57 Å². The van der Waals surface area contributed by atoms with E-state index >= 15 is 0 Å². The third-order valence-electron chi connectivity index (χ3n) is 11.6. The quantitative estimate of drug-likeness (QED) is 0.160. The molecule has 250 valence electrons. The molecule has 0 saturated heterocycles. The lowest BCUT2D eigenvalue weighted by Gasteiger charge is -2.39. The predicted octanol–water partition coefficient (Wildman–Crippen LogP) is 13.8. The smallest absolute Gasteiger partial charge is 0.0546 e. The zero-order valence-electron chi connectivity index (χ0n) is 29.3. The first-order valence-electron chi connectivity index (χ1n) is 18.7. The van der Waals surface area contributed by atoms with Crippen molar-refractivity contribution in [3.8, 4) is 5.69 Å². The molecule has 9 aromatic rings. The van der Waals surface area contributed by atoms with Crippen LogP contribution in [-0.4, -0.2) is 4.57 Å². The summed E-state index contributed by atoms with van der Waals surface area (Å²) < 4.78 is 2.40. The van der Waals surface area contributed by atoms with Crippen LogP contribution < -0.4 is 4.90 Å². The minimum atomic E-state index is 0.0523. The maximum atomic E-state index is 2.49. The third-order valence-corrected chi connectivity index (χ3v) is 11.6. The van der Waals surface area contributed by atoms with Crippen molar-refractivity contribution in [3.63, 3.8) is 0 Å². The average Bonchev–Trinajstić information content (AvgIpc) is 3.56. The van der Waals surface area contributed by atoms with Gasteiger partial charge in [-0.25, -0.2) is 0 Å². The number of fused-ring (bicyclic) bond motifs is 6. The monoisotopic (exact) mass is 668 g/mol. The topological polar surface area (TPSA) is 8.17 Å². The molecule has 0 aliphatic heterocycles. The van der Waals surface area contributed by atoms with Crippen molar-refractivity contribution in [3.05, 3.63) is 193 Å². The molecule has 1 aliphatic rings. The number of hydrogen-bond donors (Lipinski definition) is 0. The first-order chi connectivity index (χ1) is 25.8. The van der Waals surface area contributed by atoms with Crippen LogP contribution in [0, 0.1) is 0 Å². The molecule has 10 rings (SSSR count). The van der Waals surface area contributed by atoms with Crippen molar-refractivity contribution in [2.75, 3.05) is 4.90 Å². The Balaban J connectivity index is 1.21. The van der Waals surface area contributed by atoms with Crippen molar-refractivity contribution < 1.29 is 0 Å². The molecule has 0 spiro atoms. The van der Waals surface area contributed by atoms with Gasteiger partial charge in [0.25, 0.3) is 0 Å². The molecule has 0 bridgehead atoms. The molecule has 0 atom stereocenters. The van der Waals surface area contributed by atoms with Crippen molar-refractivity contribution in [2.24, 2.45) is 0 Å². The van der Waals surface area contributed by atoms with Gasteiger partial charge in [0.15, 0.2) is 0 Å². The molecule has 1 fully saturated rings. The summed E-state index contributed by atoms with van der Waals surface area (Å²) in [6.07, 6.45) is 6.23. The number of hydrogen-bond acceptors (Lipinski definition) is 1. The van der Waals surface area contributed by atoms with Crippen LogP contribution in [0.4, 0.5) is 17.1 Å². The van der Waals surface area contributed by atoms with Gasteiger partial charge in [-0.1, -0.05) is 147 Å². The summed E-state index contributed by atoms with van der Waals surface area (Å²) in [6.45, 7) is 0. The Morgan fingerprint density at radius 1 is 0.404 bits per heavy atom. The zero-order valence-corrected chi connectivity index (χ0v) is 29.3. The number of anilines is 3. The summed E-state index contributed by atoms with van der Waals surface area (Å²) in [5.41, 5.74) is 10.0. The lowest BCUT2D eigenvalue weighted by molar-refractivity contribution is 0.346. The van der Waals surface area contributed by atoms with E-state index in [1.165, 1.54) is 98.0 Å². The number of rotatable bonds is 6. The van der Waals surface area contributed by atoms with E-state index in [1.54, 1.807) is 0 Å². The molecular weight excluding hydrogens is 629 g/mol. The van der Waals surface area contributed by atoms with Gasteiger partial charge >= 0.3 is 0 Å². The molecule has 0 N–H and O–H groups in total. The highest BCUT2D eigenvalue weighted by molar-refractivity contribution is 6.15. The highest BCUT2D eigenvalue weighted by Gasteiger charge is 2.35. The van der Waals surface area contributed by atoms with Crippen molar-refractivity contribution in [2.45, 2.75) is 37.5 Å². The fourth-order valence-corrected chi connectivity index (χ4v) is 9.19. The molecule has 1 saturated carbocycles. The Labute approximate surface area is 305 Å². The van der Waals surface area contributed by atoms with Gasteiger partial charge in [0, 0.05) is 38.6 Å². The molecule has 52 heavy (non-hydrogen) atoms. The van der Waals surface area contributed by atoms with Gasteiger partial charge in [0.2, 0.25) is 0 Å². The van der Waals surface area contributed by atoms with Crippen molar-refractivity contribution >= 4 is 60.4 Å². The van der Waals surface area contributed by atoms with Gasteiger partial charge in [-0.2, -0.15) is 0 Å². The first kappa shape index (κ1) is 30.7. The van der Waals surface area contributed by atoms with Crippen LogP contribution in [0.3, 0.4) is 0 Å². The highest BCUT2D eigenvalue weighted by atomic mass is 15.1. The van der Waals surface area contributed by atoms with E-state index < -0.39 is 0 Å². The number of benzene rings is 8. The van der Waals surface area contributed by atoms with E-state index in [-0.39, 0.29) is 5.41 Å². The van der Waals surface area contributed by atoms with E-state index in [0.717, 1.165) is 11.4 Å². The van der Waals surface area contributed by atoms with Crippen LogP contribution in [0.1, 0.15) is 43.2 Å². The normalized spacial score (nSPS) is 14.3. The molecule has 1 aliphatic carbocycles. The Kier molecular flexibility index (Phi) is 7.42. The van der Waals surface area contributed by atoms with Gasteiger partial charge in [-0.3, -0.25) is 0 Å².